The maximum absolute atomic E-state index is 12.6. The molecule has 0 spiro atoms. The molecule has 1 N–H and O–H groups in total. The van der Waals surface area contributed by atoms with Gasteiger partial charge in [-0.1, -0.05) is 12.1 Å². The van der Waals surface area contributed by atoms with Gasteiger partial charge < -0.3 is 14.4 Å². The first-order chi connectivity index (χ1) is 11.2. The zero-order valence-electron chi connectivity index (χ0n) is 12.6. The molecule has 128 valence electrons. The van der Waals surface area contributed by atoms with Gasteiger partial charge in [0.25, 0.3) is 5.91 Å². The quantitative estimate of drug-likeness (QED) is 0.905. The molecular formula is C16H14F3NO4. The van der Waals surface area contributed by atoms with Crippen LogP contribution >= 0.6 is 0 Å². The van der Waals surface area contributed by atoms with Gasteiger partial charge in [-0.05, 0) is 30.7 Å². The average Bonchev–Trinajstić information content (AvgIpc) is 2.91. The molecule has 5 nitrogen and oxygen atoms in total. The third-order valence-corrected chi connectivity index (χ3v) is 3.25. The molecule has 0 bridgehead atoms. The Morgan fingerprint density at radius 1 is 1.21 bits per heavy atom. The Morgan fingerprint density at radius 2 is 1.83 bits per heavy atom. The van der Waals surface area contributed by atoms with Gasteiger partial charge in [0.05, 0.1) is 11.1 Å². The Morgan fingerprint density at radius 3 is 2.29 bits per heavy atom. The molecule has 1 aromatic heterocycles. The molecule has 0 radical (unpaired) electrons. The smallest absolute Gasteiger partial charge is 0.416 e. The number of halogens is 3. The number of benzene rings is 1. The molecule has 8 heteroatoms. The first kappa shape index (κ1) is 17.6. The van der Waals surface area contributed by atoms with E-state index in [-0.39, 0.29) is 12.1 Å². The minimum Gasteiger partial charge on any atom is -0.480 e. The zero-order valence-corrected chi connectivity index (χ0v) is 12.6. The largest absolute Gasteiger partial charge is 0.480 e. The molecule has 2 rings (SSSR count). The second-order valence-corrected chi connectivity index (χ2v) is 5.20. The van der Waals surface area contributed by atoms with E-state index in [9.17, 15) is 22.8 Å². The fourth-order valence-corrected chi connectivity index (χ4v) is 2.12. The van der Waals surface area contributed by atoms with Crippen LogP contribution in [0, 0.1) is 6.92 Å². The van der Waals surface area contributed by atoms with Gasteiger partial charge in [0.15, 0.2) is 0 Å². The second kappa shape index (κ2) is 6.77. The number of carboxylic acids is 1. The molecule has 0 saturated carbocycles. The van der Waals surface area contributed by atoms with Crippen LogP contribution in [-0.4, -0.2) is 28.4 Å². The van der Waals surface area contributed by atoms with E-state index in [2.05, 4.69) is 0 Å². The lowest BCUT2D eigenvalue weighted by Gasteiger charge is -2.20. The molecule has 1 aromatic carbocycles. The first-order valence-electron chi connectivity index (χ1n) is 6.89. The highest BCUT2D eigenvalue weighted by atomic mass is 19.4. The highest BCUT2D eigenvalue weighted by molar-refractivity contribution is 5.95. The van der Waals surface area contributed by atoms with Crippen molar-refractivity contribution in [2.24, 2.45) is 0 Å². The highest BCUT2D eigenvalue weighted by Crippen LogP contribution is 2.29. The summed E-state index contributed by atoms with van der Waals surface area (Å²) >= 11 is 0. The van der Waals surface area contributed by atoms with Gasteiger partial charge in [-0.25, -0.2) is 0 Å². The van der Waals surface area contributed by atoms with Crippen molar-refractivity contribution >= 4 is 11.9 Å². The highest BCUT2D eigenvalue weighted by Gasteiger charge is 2.30. The maximum atomic E-state index is 12.6. The maximum Gasteiger partial charge on any atom is 0.416 e. The number of carbonyl (C=O) groups excluding carboxylic acids is 1. The molecular weight excluding hydrogens is 327 g/mol. The minimum absolute atomic E-state index is 0.131. The van der Waals surface area contributed by atoms with Crippen LogP contribution in [0.3, 0.4) is 0 Å². The van der Waals surface area contributed by atoms with Crippen LogP contribution in [0.2, 0.25) is 0 Å². The molecule has 1 amide bonds. The van der Waals surface area contributed by atoms with Crippen molar-refractivity contribution in [2.45, 2.75) is 19.6 Å². The van der Waals surface area contributed by atoms with E-state index in [1.807, 2.05) is 0 Å². The van der Waals surface area contributed by atoms with Crippen molar-refractivity contribution in [3.63, 3.8) is 0 Å². The normalized spacial score (nSPS) is 11.3. The number of hydrogen-bond donors (Lipinski definition) is 1. The molecule has 0 unspecified atom stereocenters. The topological polar surface area (TPSA) is 70.8 Å². The number of aliphatic carboxylic acids is 1. The fourth-order valence-electron chi connectivity index (χ4n) is 2.12. The predicted octanol–water partition coefficient (Wildman–Crippen LogP) is 3.33. The average molecular weight is 341 g/mol. The van der Waals surface area contributed by atoms with Crippen molar-refractivity contribution in [1.29, 1.82) is 0 Å². The van der Waals surface area contributed by atoms with Crippen LogP contribution in [0.4, 0.5) is 13.2 Å². The summed E-state index contributed by atoms with van der Waals surface area (Å²) in [6.07, 6.45) is -3.25. The van der Waals surface area contributed by atoms with Crippen LogP contribution < -0.4 is 0 Å². The molecule has 0 saturated heterocycles. The second-order valence-electron chi connectivity index (χ2n) is 5.20. The Hall–Kier alpha value is -2.77. The summed E-state index contributed by atoms with van der Waals surface area (Å²) < 4.78 is 42.7. The Balaban J connectivity index is 2.19. The lowest BCUT2D eigenvalue weighted by molar-refractivity contribution is -0.138. The summed E-state index contributed by atoms with van der Waals surface area (Å²) in [6, 6.07) is 5.67. The van der Waals surface area contributed by atoms with E-state index in [1.165, 1.54) is 24.5 Å². The summed E-state index contributed by atoms with van der Waals surface area (Å²) in [5.41, 5.74) is -0.244. The summed E-state index contributed by atoms with van der Waals surface area (Å²) in [6.45, 7) is 0.922. The van der Waals surface area contributed by atoms with Gasteiger partial charge in [-0.15, -0.1) is 0 Å². The molecule has 2 aromatic rings. The molecule has 0 aliphatic heterocycles. The third-order valence-electron chi connectivity index (χ3n) is 3.25. The fraction of sp³-hybridized carbons (Fsp3) is 0.250. The summed E-state index contributed by atoms with van der Waals surface area (Å²) in [5, 5.41) is 8.95. The molecule has 0 aliphatic rings. The van der Waals surface area contributed by atoms with Crippen molar-refractivity contribution in [3.05, 3.63) is 59.0 Å². The van der Waals surface area contributed by atoms with E-state index in [0.717, 1.165) is 17.0 Å². The van der Waals surface area contributed by atoms with E-state index >= 15 is 0 Å². The lowest BCUT2D eigenvalue weighted by atomic mass is 10.1. The van der Waals surface area contributed by atoms with Crippen LogP contribution in [0.25, 0.3) is 0 Å². The zero-order chi connectivity index (χ0) is 17.9. The number of rotatable bonds is 5. The van der Waals surface area contributed by atoms with E-state index in [4.69, 9.17) is 9.52 Å². The standard InChI is InChI=1S/C16H14F3NO4/c1-10-6-12(9-24-10)15(23)20(8-14(21)22)7-11-2-4-13(5-3-11)16(17,18)19/h2-6,9H,7-8H2,1H3,(H,21,22). The Labute approximate surface area is 135 Å². The molecule has 1 heterocycles. The van der Waals surface area contributed by atoms with Crippen LogP contribution in [0.5, 0.6) is 0 Å². The van der Waals surface area contributed by atoms with Gasteiger partial charge in [0.1, 0.15) is 18.6 Å². The molecule has 0 aliphatic carbocycles. The summed E-state index contributed by atoms with van der Waals surface area (Å²) in [5.74, 6) is -1.31. The predicted molar refractivity (Wildman–Crippen MR) is 77.3 cm³/mol. The number of furan rings is 1. The van der Waals surface area contributed by atoms with Crippen molar-refractivity contribution < 1.29 is 32.3 Å². The van der Waals surface area contributed by atoms with E-state index in [0.29, 0.717) is 11.3 Å². The van der Waals surface area contributed by atoms with Crippen LogP contribution in [0.15, 0.2) is 41.0 Å². The van der Waals surface area contributed by atoms with Gasteiger partial charge in [0, 0.05) is 6.54 Å². The molecule has 24 heavy (non-hydrogen) atoms. The summed E-state index contributed by atoms with van der Waals surface area (Å²) in [4.78, 5) is 24.3. The van der Waals surface area contributed by atoms with Crippen LogP contribution in [-0.2, 0) is 17.5 Å². The van der Waals surface area contributed by atoms with Gasteiger partial charge in [-0.2, -0.15) is 13.2 Å². The number of nitrogens with zero attached hydrogens (tertiary/aromatic N) is 1. The first-order valence-corrected chi connectivity index (χ1v) is 6.89. The monoisotopic (exact) mass is 341 g/mol. The number of hydrogen-bond acceptors (Lipinski definition) is 3. The van der Waals surface area contributed by atoms with Crippen molar-refractivity contribution in [1.82, 2.24) is 4.90 Å². The Bertz CT molecular complexity index is 735. The minimum atomic E-state index is -4.45. The number of amides is 1. The number of alkyl halides is 3. The van der Waals surface area contributed by atoms with Gasteiger partial charge in [0.2, 0.25) is 0 Å². The SMILES string of the molecule is Cc1cc(C(=O)N(CC(=O)O)Cc2ccc(C(F)(F)F)cc2)co1. The number of carboxylic acid groups (broad SMARTS) is 1. The van der Waals surface area contributed by atoms with Crippen molar-refractivity contribution in [3.8, 4) is 0 Å². The molecule has 0 atom stereocenters. The van der Waals surface area contributed by atoms with Gasteiger partial charge in [-0.3, -0.25) is 9.59 Å². The summed E-state index contributed by atoms with van der Waals surface area (Å²) in [7, 11) is 0. The number of aryl methyl sites for hydroxylation is 1. The van der Waals surface area contributed by atoms with Crippen LogP contribution in [0.1, 0.15) is 27.2 Å². The van der Waals surface area contributed by atoms with E-state index < -0.39 is 30.2 Å². The number of carbonyl (C=O) groups is 2. The van der Waals surface area contributed by atoms with Gasteiger partial charge >= 0.3 is 12.1 Å². The lowest BCUT2D eigenvalue weighted by Crippen LogP contribution is -2.35. The third kappa shape index (κ3) is 4.37. The molecule has 0 fully saturated rings. The Kier molecular flexibility index (Phi) is 4.96. The van der Waals surface area contributed by atoms with E-state index in [1.54, 1.807) is 6.92 Å². The van der Waals surface area contributed by atoms with Crippen molar-refractivity contribution in [2.75, 3.05) is 6.54 Å².